The molecule has 1 aromatic carbocycles. The summed E-state index contributed by atoms with van der Waals surface area (Å²) < 4.78 is 0. The molecule has 2 rings (SSSR count). The van der Waals surface area contributed by atoms with Crippen LogP contribution in [0.3, 0.4) is 0 Å². The molecule has 2 nitrogen and oxygen atoms in total. The van der Waals surface area contributed by atoms with Crippen LogP contribution in [0.1, 0.15) is 20.3 Å². The molecule has 0 aliphatic carbocycles. The summed E-state index contributed by atoms with van der Waals surface area (Å²) in [7, 11) is 0. The number of hydrogen-bond acceptors (Lipinski definition) is 2. The second-order valence-corrected chi connectivity index (χ2v) is 4.93. The maximum atomic E-state index is 5.77. The lowest BCUT2D eigenvalue weighted by Crippen LogP contribution is -2.22. The molecular weight excluding hydrogens is 172 g/mol. The molecule has 2 heteroatoms. The van der Waals surface area contributed by atoms with Crippen molar-refractivity contribution in [1.29, 1.82) is 0 Å². The van der Waals surface area contributed by atoms with E-state index in [2.05, 4.69) is 30.9 Å². The highest BCUT2D eigenvalue weighted by atomic mass is 15.2. The lowest BCUT2D eigenvalue weighted by Gasteiger charge is -2.21. The Morgan fingerprint density at radius 1 is 1.36 bits per heavy atom. The molecule has 0 atom stereocenters. The molecule has 1 aromatic rings. The van der Waals surface area contributed by atoms with Crippen molar-refractivity contribution in [3.63, 3.8) is 0 Å². The van der Waals surface area contributed by atoms with Crippen molar-refractivity contribution in [1.82, 2.24) is 0 Å². The van der Waals surface area contributed by atoms with E-state index in [4.69, 9.17) is 5.73 Å². The summed E-state index contributed by atoms with van der Waals surface area (Å²) in [5.74, 6) is 0. The van der Waals surface area contributed by atoms with Gasteiger partial charge in [-0.15, -0.1) is 0 Å². The Labute approximate surface area is 85.7 Å². The summed E-state index contributed by atoms with van der Waals surface area (Å²) in [6.07, 6.45) is 1.27. The minimum Gasteiger partial charge on any atom is -0.399 e. The Morgan fingerprint density at radius 3 is 2.71 bits per heavy atom. The maximum Gasteiger partial charge on any atom is 0.0387 e. The Balaban J connectivity index is 2.17. The predicted octanol–water partition coefficient (Wildman–Crippen LogP) is 2.51. The van der Waals surface area contributed by atoms with Crippen molar-refractivity contribution in [3.05, 3.63) is 24.3 Å². The quantitative estimate of drug-likeness (QED) is 0.689. The van der Waals surface area contributed by atoms with Crippen LogP contribution in [-0.2, 0) is 0 Å². The zero-order valence-corrected chi connectivity index (χ0v) is 8.96. The highest BCUT2D eigenvalue weighted by molar-refractivity contribution is 5.56. The second kappa shape index (κ2) is 3.19. The van der Waals surface area contributed by atoms with Gasteiger partial charge < -0.3 is 10.6 Å². The molecule has 0 radical (unpaired) electrons. The first-order valence-electron chi connectivity index (χ1n) is 5.17. The molecule has 2 N–H and O–H groups in total. The van der Waals surface area contributed by atoms with Gasteiger partial charge in [-0.3, -0.25) is 0 Å². The SMILES string of the molecule is CC1(C)CCN(c2cccc(N)c2)C1. The van der Waals surface area contributed by atoms with Crippen molar-refractivity contribution >= 4 is 11.4 Å². The van der Waals surface area contributed by atoms with Crippen LogP contribution >= 0.6 is 0 Å². The normalized spacial score (nSPS) is 20.0. The summed E-state index contributed by atoms with van der Waals surface area (Å²) in [4.78, 5) is 2.41. The predicted molar refractivity (Wildman–Crippen MR) is 61.5 cm³/mol. The fraction of sp³-hybridized carbons (Fsp3) is 0.500. The lowest BCUT2D eigenvalue weighted by atomic mass is 9.93. The van der Waals surface area contributed by atoms with E-state index >= 15 is 0 Å². The molecule has 1 saturated heterocycles. The molecule has 1 heterocycles. The number of rotatable bonds is 1. The van der Waals surface area contributed by atoms with Crippen LogP contribution in [0.4, 0.5) is 11.4 Å². The van der Waals surface area contributed by atoms with E-state index in [1.807, 2.05) is 12.1 Å². The Hall–Kier alpha value is -1.18. The van der Waals surface area contributed by atoms with Crippen LogP contribution in [0, 0.1) is 5.41 Å². The van der Waals surface area contributed by atoms with E-state index in [1.54, 1.807) is 0 Å². The molecular formula is C12H18N2. The Kier molecular flexibility index (Phi) is 2.14. The Morgan fingerprint density at radius 2 is 2.14 bits per heavy atom. The Bertz CT molecular complexity index is 331. The molecule has 14 heavy (non-hydrogen) atoms. The molecule has 0 aromatic heterocycles. The third-order valence-corrected chi connectivity index (χ3v) is 2.91. The van der Waals surface area contributed by atoms with Gasteiger partial charge in [0.15, 0.2) is 0 Å². The monoisotopic (exact) mass is 190 g/mol. The average Bonchev–Trinajstić information content (AvgIpc) is 2.46. The van der Waals surface area contributed by atoms with Gasteiger partial charge in [0.05, 0.1) is 0 Å². The molecule has 0 saturated carbocycles. The van der Waals surface area contributed by atoms with Gasteiger partial charge in [-0.2, -0.15) is 0 Å². The van der Waals surface area contributed by atoms with E-state index in [1.165, 1.54) is 12.1 Å². The highest BCUT2D eigenvalue weighted by Crippen LogP contribution is 2.32. The minimum atomic E-state index is 0.449. The smallest absolute Gasteiger partial charge is 0.0387 e. The number of benzene rings is 1. The van der Waals surface area contributed by atoms with Gasteiger partial charge >= 0.3 is 0 Å². The topological polar surface area (TPSA) is 29.3 Å². The molecule has 0 unspecified atom stereocenters. The fourth-order valence-corrected chi connectivity index (χ4v) is 2.05. The summed E-state index contributed by atoms with van der Waals surface area (Å²) in [5.41, 5.74) is 8.33. The summed E-state index contributed by atoms with van der Waals surface area (Å²) in [6, 6.07) is 8.15. The van der Waals surface area contributed by atoms with Crippen LogP contribution in [0.25, 0.3) is 0 Å². The van der Waals surface area contributed by atoms with E-state index in [9.17, 15) is 0 Å². The van der Waals surface area contributed by atoms with Crippen LogP contribution in [-0.4, -0.2) is 13.1 Å². The van der Waals surface area contributed by atoms with E-state index < -0.39 is 0 Å². The van der Waals surface area contributed by atoms with Crippen molar-refractivity contribution in [2.24, 2.45) is 5.41 Å². The van der Waals surface area contributed by atoms with Crippen LogP contribution < -0.4 is 10.6 Å². The third kappa shape index (κ3) is 1.84. The first kappa shape index (κ1) is 9.38. The number of nitrogens with zero attached hydrogens (tertiary/aromatic N) is 1. The third-order valence-electron chi connectivity index (χ3n) is 2.91. The summed E-state index contributed by atoms with van der Waals surface area (Å²) in [6.45, 7) is 6.92. The van der Waals surface area contributed by atoms with Gasteiger partial charge in [-0.25, -0.2) is 0 Å². The minimum absolute atomic E-state index is 0.449. The first-order valence-corrected chi connectivity index (χ1v) is 5.17. The molecule has 1 aliphatic rings. The van der Waals surface area contributed by atoms with Gasteiger partial charge in [-0.1, -0.05) is 19.9 Å². The standard InChI is InChI=1S/C12H18N2/c1-12(2)6-7-14(9-12)11-5-3-4-10(13)8-11/h3-5,8H,6-7,9,13H2,1-2H3. The lowest BCUT2D eigenvalue weighted by molar-refractivity contribution is 0.418. The van der Waals surface area contributed by atoms with E-state index in [-0.39, 0.29) is 0 Å². The van der Waals surface area contributed by atoms with Gasteiger partial charge in [0.2, 0.25) is 0 Å². The second-order valence-electron chi connectivity index (χ2n) is 4.93. The molecule has 0 spiro atoms. The van der Waals surface area contributed by atoms with Crippen molar-refractivity contribution in [2.45, 2.75) is 20.3 Å². The largest absolute Gasteiger partial charge is 0.399 e. The summed E-state index contributed by atoms with van der Waals surface area (Å²) >= 11 is 0. The summed E-state index contributed by atoms with van der Waals surface area (Å²) in [5, 5.41) is 0. The van der Waals surface area contributed by atoms with Crippen LogP contribution in [0.15, 0.2) is 24.3 Å². The van der Waals surface area contributed by atoms with Crippen molar-refractivity contribution < 1.29 is 0 Å². The van der Waals surface area contributed by atoms with Gasteiger partial charge in [0.1, 0.15) is 0 Å². The maximum absolute atomic E-state index is 5.77. The number of nitrogen functional groups attached to an aromatic ring is 1. The highest BCUT2D eigenvalue weighted by Gasteiger charge is 2.29. The van der Waals surface area contributed by atoms with E-state index in [0.29, 0.717) is 5.41 Å². The molecule has 76 valence electrons. The average molecular weight is 190 g/mol. The van der Waals surface area contributed by atoms with Crippen molar-refractivity contribution in [3.8, 4) is 0 Å². The van der Waals surface area contributed by atoms with E-state index in [0.717, 1.165) is 18.8 Å². The zero-order chi connectivity index (χ0) is 10.2. The number of hydrogen-bond donors (Lipinski definition) is 1. The number of anilines is 2. The van der Waals surface area contributed by atoms with Crippen LogP contribution in [0.5, 0.6) is 0 Å². The van der Waals surface area contributed by atoms with Crippen LogP contribution in [0.2, 0.25) is 0 Å². The van der Waals surface area contributed by atoms with Crippen molar-refractivity contribution in [2.75, 3.05) is 23.7 Å². The zero-order valence-electron chi connectivity index (χ0n) is 8.96. The molecule has 1 fully saturated rings. The van der Waals surface area contributed by atoms with Gasteiger partial charge in [-0.05, 0) is 30.0 Å². The van der Waals surface area contributed by atoms with Gasteiger partial charge in [0, 0.05) is 24.5 Å². The molecule has 0 bridgehead atoms. The number of nitrogens with two attached hydrogens (primary N) is 1. The molecule has 0 amide bonds. The molecule has 1 aliphatic heterocycles. The first-order chi connectivity index (χ1) is 6.57. The fourth-order valence-electron chi connectivity index (χ4n) is 2.05. The van der Waals surface area contributed by atoms with Gasteiger partial charge in [0.25, 0.3) is 0 Å².